The molecule has 7 nitrogen and oxygen atoms in total. The summed E-state index contributed by atoms with van der Waals surface area (Å²) in [7, 11) is 0.0474. The number of sulfone groups is 1. The average Bonchev–Trinajstić information content (AvgIpc) is 3.29. The Kier molecular flexibility index (Phi) is 6.39. The SMILES string of the molecule is COc1ccc(C(=O)CN(C[C@H]2CCCO2)[C@@H]2CCS(=O)(=O)C2)cc1OC. The molecule has 2 aliphatic rings. The molecule has 2 aliphatic heterocycles. The van der Waals surface area contributed by atoms with Gasteiger partial charge in [0.25, 0.3) is 0 Å². The number of rotatable bonds is 8. The molecule has 0 aliphatic carbocycles. The number of hydrogen-bond donors (Lipinski definition) is 0. The lowest BCUT2D eigenvalue weighted by molar-refractivity contribution is 0.0566. The van der Waals surface area contributed by atoms with Gasteiger partial charge in [-0.3, -0.25) is 9.69 Å². The third-order valence-electron chi connectivity index (χ3n) is 5.24. The highest BCUT2D eigenvalue weighted by molar-refractivity contribution is 7.91. The van der Waals surface area contributed by atoms with E-state index in [-0.39, 0.29) is 36.0 Å². The Morgan fingerprint density at radius 3 is 2.59 bits per heavy atom. The van der Waals surface area contributed by atoms with Crippen LogP contribution in [0.3, 0.4) is 0 Å². The maximum absolute atomic E-state index is 12.9. The lowest BCUT2D eigenvalue weighted by Crippen LogP contribution is -2.44. The Balaban J connectivity index is 1.75. The fourth-order valence-corrected chi connectivity index (χ4v) is 5.50. The summed E-state index contributed by atoms with van der Waals surface area (Å²) in [4.78, 5) is 14.9. The zero-order chi connectivity index (χ0) is 19.4. The van der Waals surface area contributed by atoms with Gasteiger partial charge in [0.2, 0.25) is 0 Å². The smallest absolute Gasteiger partial charge is 0.176 e. The van der Waals surface area contributed by atoms with Gasteiger partial charge >= 0.3 is 0 Å². The number of carbonyl (C=O) groups excluding carboxylic acids is 1. The van der Waals surface area contributed by atoms with Crippen molar-refractivity contribution in [1.82, 2.24) is 4.90 Å². The highest BCUT2D eigenvalue weighted by Gasteiger charge is 2.35. The molecule has 2 atom stereocenters. The standard InChI is InChI=1S/C19H27NO6S/c1-24-18-6-5-14(10-19(18)25-2)17(21)12-20(11-16-4-3-8-26-16)15-7-9-27(22,23)13-15/h5-6,10,15-16H,3-4,7-9,11-13H2,1-2H3/t15-,16-/m1/s1. The van der Waals surface area contributed by atoms with E-state index >= 15 is 0 Å². The van der Waals surface area contributed by atoms with Crippen molar-refractivity contribution in [2.24, 2.45) is 0 Å². The van der Waals surface area contributed by atoms with Gasteiger partial charge in [0.15, 0.2) is 27.1 Å². The largest absolute Gasteiger partial charge is 0.493 e. The molecule has 1 aromatic carbocycles. The van der Waals surface area contributed by atoms with Gasteiger partial charge in [-0.05, 0) is 37.5 Å². The average molecular weight is 397 g/mol. The van der Waals surface area contributed by atoms with Gasteiger partial charge in [0.05, 0.1) is 38.4 Å². The molecule has 3 rings (SSSR count). The molecule has 0 radical (unpaired) electrons. The molecule has 2 saturated heterocycles. The third-order valence-corrected chi connectivity index (χ3v) is 6.99. The molecule has 150 valence electrons. The second kappa shape index (κ2) is 8.58. The van der Waals surface area contributed by atoms with Crippen LogP contribution in [0, 0.1) is 0 Å². The van der Waals surface area contributed by atoms with Crippen LogP contribution in [-0.4, -0.2) is 76.7 Å². The Bertz CT molecular complexity index is 772. The van der Waals surface area contributed by atoms with Crippen LogP contribution in [0.25, 0.3) is 0 Å². The van der Waals surface area contributed by atoms with Crippen molar-refractivity contribution in [2.45, 2.75) is 31.4 Å². The van der Waals surface area contributed by atoms with Crippen molar-refractivity contribution < 1.29 is 27.4 Å². The Labute approximate surface area is 160 Å². The summed E-state index contributed by atoms with van der Waals surface area (Å²) in [5.74, 6) is 1.28. The quantitative estimate of drug-likeness (QED) is 0.616. The normalized spacial score (nSPS) is 24.3. The molecule has 0 amide bonds. The van der Waals surface area contributed by atoms with Gasteiger partial charge in [-0.15, -0.1) is 0 Å². The number of nitrogens with zero attached hydrogens (tertiary/aromatic N) is 1. The first-order valence-corrected chi connectivity index (χ1v) is 11.1. The third kappa shape index (κ3) is 5.00. The molecule has 2 fully saturated rings. The Morgan fingerprint density at radius 2 is 2.00 bits per heavy atom. The highest BCUT2D eigenvalue weighted by atomic mass is 32.2. The first kappa shape index (κ1) is 20.1. The van der Waals surface area contributed by atoms with Gasteiger partial charge in [0.1, 0.15) is 0 Å². The van der Waals surface area contributed by atoms with Crippen molar-refractivity contribution in [3.05, 3.63) is 23.8 Å². The number of ether oxygens (including phenoxy) is 3. The summed E-state index contributed by atoms with van der Waals surface area (Å²) in [6.45, 7) is 1.47. The van der Waals surface area contributed by atoms with Crippen molar-refractivity contribution in [1.29, 1.82) is 0 Å². The zero-order valence-electron chi connectivity index (χ0n) is 15.8. The van der Waals surface area contributed by atoms with E-state index < -0.39 is 9.84 Å². The van der Waals surface area contributed by atoms with Crippen molar-refractivity contribution in [3.8, 4) is 11.5 Å². The molecular weight excluding hydrogens is 370 g/mol. The Morgan fingerprint density at radius 1 is 1.22 bits per heavy atom. The summed E-state index contributed by atoms with van der Waals surface area (Å²) in [5, 5.41) is 0. The predicted octanol–water partition coefficient (Wildman–Crippen LogP) is 1.55. The maximum atomic E-state index is 12.9. The van der Waals surface area contributed by atoms with E-state index in [1.165, 1.54) is 7.11 Å². The second-order valence-electron chi connectivity index (χ2n) is 7.11. The number of benzene rings is 1. The Hall–Kier alpha value is -1.64. The zero-order valence-corrected chi connectivity index (χ0v) is 16.7. The molecule has 2 heterocycles. The van der Waals surface area contributed by atoms with Crippen LogP contribution in [0.15, 0.2) is 18.2 Å². The number of carbonyl (C=O) groups is 1. The minimum atomic E-state index is -3.02. The number of hydrogen-bond acceptors (Lipinski definition) is 7. The second-order valence-corrected chi connectivity index (χ2v) is 9.34. The molecular formula is C19H27NO6S. The van der Waals surface area contributed by atoms with Crippen LogP contribution >= 0.6 is 0 Å². The first-order valence-electron chi connectivity index (χ1n) is 9.23. The predicted molar refractivity (Wildman–Crippen MR) is 101 cm³/mol. The molecule has 1 aromatic rings. The van der Waals surface area contributed by atoms with Gasteiger partial charge in [-0.1, -0.05) is 0 Å². The molecule has 0 saturated carbocycles. The number of Topliss-reactive ketones (excluding diaryl/α,β-unsaturated/α-hetero) is 1. The fourth-order valence-electron chi connectivity index (χ4n) is 3.74. The van der Waals surface area contributed by atoms with Crippen molar-refractivity contribution >= 4 is 15.6 Å². The van der Waals surface area contributed by atoms with Crippen molar-refractivity contribution in [2.75, 3.05) is 45.4 Å². The lowest BCUT2D eigenvalue weighted by atomic mass is 10.1. The molecule has 0 bridgehead atoms. The van der Waals surface area contributed by atoms with Crippen LogP contribution in [0.5, 0.6) is 11.5 Å². The minimum absolute atomic E-state index is 0.0616. The maximum Gasteiger partial charge on any atom is 0.176 e. The van der Waals surface area contributed by atoms with Crippen LogP contribution in [0.1, 0.15) is 29.6 Å². The van der Waals surface area contributed by atoms with Crippen LogP contribution in [0.2, 0.25) is 0 Å². The van der Waals surface area contributed by atoms with Gasteiger partial charge in [-0.25, -0.2) is 8.42 Å². The summed E-state index contributed by atoms with van der Waals surface area (Å²) in [5.41, 5.74) is 0.519. The summed E-state index contributed by atoms with van der Waals surface area (Å²) in [6, 6.07) is 4.94. The van der Waals surface area contributed by atoms with Crippen LogP contribution in [-0.2, 0) is 14.6 Å². The van der Waals surface area contributed by atoms with Gasteiger partial charge in [0, 0.05) is 24.8 Å². The first-order chi connectivity index (χ1) is 12.9. The summed E-state index contributed by atoms with van der Waals surface area (Å²) < 4.78 is 40.0. The van der Waals surface area contributed by atoms with E-state index in [4.69, 9.17) is 14.2 Å². The molecule has 0 spiro atoms. The van der Waals surface area contributed by atoms with E-state index in [0.717, 1.165) is 19.4 Å². The van der Waals surface area contributed by atoms with E-state index in [1.54, 1.807) is 25.3 Å². The van der Waals surface area contributed by atoms with Crippen LogP contribution < -0.4 is 9.47 Å². The van der Waals surface area contributed by atoms with Crippen LogP contribution in [0.4, 0.5) is 0 Å². The fraction of sp³-hybridized carbons (Fsp3) is 0.632. The van der Waals surface area contributed by atoms with Crippen molar-refractivity contribution in [3.63, 3.8) is 0 Å². The van der Waals surface area contributed by atoms with Gasteiger partial charge in [-0.2, -0.15) is 0 Å². The monoisotopic (exact) mass is 397 g/mol. The summed E-state index contributed by atoms with van der Waals surface area (Å²) >= 11 is 0. The van der Waals surface area contributed by atoms with E-state index in [1.807, 2.05) is 4.90 Å². The summed E-state index contributed by atoms with van der Waals surface area (Å²) in [6.07, 6.45) is 2.58. The molecule has 8 heteroatoms. The molecule has 0 unspecified atom stereocenters. The number of ketones is 1. The molecule has 0 aromatic heterocycles. The van der Waals surface area contributed by atoms with E-state index in [2.05, 4.69) is 0 Å². The highest BCUT2D eigenvalue weighted by Crippen LogP contribution is 2.28. The number of methoxy groups -OCH3 is 2. The van der Waals surface area contributed by atoms with Gasteiger partial charge < -0.3 is 14.2 Å². The lowest BCUT2D eigenvalue weighted by Gasteiger charge is -2.29. The minimum Gasteiger partial charge on any atom is -0.493 e. The molecule has 27 heavy (non-hydrogen) atoms. The topological polar surface area (TPSA) is 82.1 Å². The van der Waals surface area contributed by atoms with E-state index in [0.29, 0.717) is 30.0 Å². The van der Waals surface area contributed by atoms with E-state index in [9.17, 15) is 13.2 Å². The molecule has 0 N–H and O–H groups in total.